The zero-order chi connectivity index (χ0) is 11.4. The Morgan fingerprint density at radius 1 is 1.19 bits per heavy atom. The number of aromatic nitrogens is 3. The lowest BCUT2D eigenvalue weighted by Gasteiger charge is -1.98. The second-order valence-electron chi connectivity index (χ2n) is 3.47. The average Bonchev–Trinajstić information content (AvgIpc) is 2.76. The third kappa shape index (κ3) is 2.81. The summed E-state index contributed by atoms with van der Waals surface area (Å²) in [5.41, 5.74) is 1.20. The van der Waals surface area contributed by atoms with E-state index in [2.05, 4.69) is 10.1 Å². The van der Waals surface area contributed by atoms with Crippen LogP contribution < -0.4 is 0 Å². The van der Waals surface area contributed by atoms with Crippen LogP contribution in [0.1, 0.15) is 11.4 Å². The predicted molar refractivity (Wildman–Crippen MR) is 61.1 cm³/mol. The quantitative estimate of drug-likeness (QED) is 0.880. The minimum Gasteiger partial charge on any atom is -0.374 e. The van der Waals surface area contributed by atoms with E-state index >= 15 is 0 Å². The van der Waals surface area contributed by atoms with Gasteiger partial charge in [0.25, 0.3) is 0 Å². The highest BCUT2D eigenvalue weighted by molar-refractivity contribution is 6.30. The van der Waals surface area contributed by atoms with Gasteiger partial charge in [-0.25, -0.2) is 9.67 Å². The van der Waals surface area contributed by atoms with Crippen molar-refractivity contribution in [3.8, 4) is 0 Å². The summed E-state index contributed by atoms with van der Waals surface area (Å²) in [6, 6.07) is 7.73. The fourth-order valence-corrected chi connectivity index (χ4v) is 1.55. The molecule has 0 aliphatic heterocycles. The number of benzene rings is 1. The molecule has 0 unspecified atom stereocenters. The molecule has 0 bridgehead atoms. The van der Waals surface area contributed by atoms with Crippen LogP contribution >= 0.6 is 11.6 Å². The van der Waals surface area contributed by atoms with E-state index in [1.807, 2.05) is 24.3 Å². The average molecular weight is 238 g/mol. The summed E-state index contributed by atoms with van der Waals surface area (Å²) in [6.07, 6.45) is 3.15. The van der Waals surface area contributed by atoms with Crippen molar-refractivity contribution in [1.82, 2.24) is 14.8 Å². The van der Waals surface area contributed by atoms with Crippen LogP contribution in [0.2, 0.25) is 5.02 Å². The van der Waals surface area contributed by atoms with Crippen LogP contribution in [-0.4, -0.2) is 19.9 Å². The molecule has 0 aliphatic rings. The number of aliphatic hydroxyl groups is 1. The summed E-state index contributed by atoms with van der Waals surface area (Å²) < 4.78 is 1.40. The van der Waals surface area contributed by atoms with Gasteiger partial charge in [0.2, 0.25) is 0 Å². The van der Waals surface area contributed by atoms with Crippen molar-refractivity contribution >= 4 is 11.6 Å². The van der Waals surface area contributed by atoms with E-state index in [1.54, 1.807) is 0 Å². The summed E-state index contributed by atoms with van der Waals surface area (Å²) in [7, 11) is 0. The third-order valence-corrected chi connectivity index (χ3v) is 2.53. The van der Waals surface area contributed by atoms with Gasteiger partial charge < -0.3 is 5.11 Å². The molecule has 16 heavy (non-hydrogen) atoms. The SMILES string of the molecule is OCn1cnc(CCc2ccc(Cl)cc2)n1. The third-order valence-electron chi connectivity index (χ3n) is 2.28. The Morgan fingerprint density at radius 2 is 1.94 bits per heavy atom. The molecule has 0 spiro atoms. The Balaban J connectivity index is 1.94. The molecule has 1 aromatic carbocycles. The minimum atomic E-state index is -0.131. The van der Waals surface area contributed by atoms with Crippen molar-refractivity contribution < 1.29 is 5.11 Å². The summed E-state index contributed by atoms with van der Waals surface area (Å²) >= 11 is 5.80. The Labute approximate surface area is 98.5 Å². The summed E-state index contributed by atoms with van der Waals surface area (Å²) in [5.74, 6) is 0.740. The highest BCUT2D eigenvalue weighted by atomic mass is 35.5. The molecule has 0 fully saturated rings. The standard InChI is InChI=1S/C11H12ClN3O/c12-10-4-1-9(2-5-10)3-6-11-13-7-15(8-16)14-11/h1-2,4-5,7,16H,3,6,8H2. The summed E-state index contributed by atoms with van der Waals surface area (Å²) in [4.78, 5) is 4.09. The second-order valence-corrected chi connectivity index (χ2v) is 3.90. The Kier molecular flexibility index (Phi) is 3.54. The molecule has 2 aromatic rings. The van der Waals surface area contributed by atoms with Gasteiger partial charge in [0, 0.05) is 11.4 Å². The van der Waals surface area contributed by atoms with Gasteiger partial charge in [0.1, 0.15) is 13.1 Å². The van der Waals surface area contributed by atoms with E-state index in [-0.39, 0.29) is 6.73 Å². The van der Waals surface area contributed by atoms with Crippen LogP contribution in [0.4, 0.5) is 0 Å². The Morgan fingerprint density at radius 3 is 2.56 bits per heavy atom. The monoisotopic (exact) mass is 237 g/mol. The van der Waals surface area contributed by atoms with Crippen LogP contribution in [0.5, 0.6) is 0 Å². The number of aliphatic hydroxyl groups excluding tert-OH is 1. The van der Waals surface area contributed by atoms with Crippen LogP contribution in [0, 0.1) is 0 Å². The maximum Gasteiger partial charge on any atom is 0.151 e. The van der Waals surface area contributed by atoms with E-state index in [0.29, 0.717) is 0 Å². The summed E-state index contributed by atoms with van der Waals surface area (Å²) in [5, 5.41) is 13.6. The van der Waals surface area contributed by atoms with Gasteiger partial charge in [-0.05, 0) is 24.1 Å². The van der Waals surface area contributed by atoms with Gasteiger partial charge in [-0.2, -0.15) is 5.10 Å². The molecule has 0 amide bonds. The van der Waals surface area contributed by atoms with Crippen molar-refractivity contribution in [2.45, 2.75) is 19.6 Å². The first-order valence-corrected chi connectivity index (χ1v) is 5.39. The minimum absolute atomic E-state index is 0.131. The van der Waals surface area contributed by atoms with Gasteiger partial charge in [-0.3, -0.25) is 0 Å². The number of hydrogen-bond donors (Lipinski definition) is 1. The number of aryl methyl sites for hydroxylation is 2. The van der Waals surface area contributed by atoms with E-state index in [0.717, 1.165) is 23.7 Å². The van der Waals surface area contributed by atoms with E-state index in [9.17, 15) is 0 Å². The lowest BCUT2D eigenvalue weighted by molar-refractivity contribution is 0.194. The Hall–Kier alpha value is -1.39. The van der Waals surface area contributed by atoms with Gasteiger partial charge in [-0.15, -0.1) is 0 Å². The fourth-order valence-electron chi connectivity index (χ4n) is 1.42. The highest BCUT2D eigenvalue weighted by Gasteiger charge is 2.01. The molecule has 0 saturated heterocycles. The van der Waals surface area contributed by atoms with Crippen LogP contribution in [0.15, 0.2) is 30.6 Å². The van der Waals surface area contributed by atoms with Gasteiger partial charge in [0.15, 0.2) is 5.82 Å². The molecule has 0 atom stereocenters. The number of hydrogen-bond acceptors (Lipinski definition) is 3. The fraction of sp³-hybridized carbons (Fsp3) is 0.273. The molecule has 0 radical (unpaired) electrons. The molecular formula is C11H12ClN3O. The van der Waals surface area contributed by atoms with Crippen LogP contribution in [0.25, 0.3) is 0 Å². The molecule has 84 valence electrons. The molecule has 1 aromatic heterocycles. The molecule has 1 heterocycles. The van der Waals surface area contributed by atoms with Crippen molar-refractivity contribution in [2.24, 2.45) is 0 Å². The van der Waals surface area contributed by atoms with E-state index < -0.39 is 0 Å². The summed E-state index contributed by atoms with van der Waals surface area (Å²) in [6.45, 7) is -0.131. The zero-order valence-electron chi connectivity index (χ0n) is 8.67. The molecular weight excluding hydrogens is 226 g/mol. The second kappa shape index (κ2) is 5.09. The van der Waals surface area contributed by atoms with E-state index in [1.165, 1.54) is 16.6 Å². The first-order chi connectivity index (χ1) is 7.78. The first-order valence-electron chi connectivity index (χ1n) is 5.01. The number of halogens is 1. The molecule has 0 saturated carbocycles. The molecule has 0 aliphatic carbocycles. The van der Waals surface area contributed by atoms with Gasteiger partial charge in [0.05, 0.1) is 0 Å². The van der Waals surface area contributed by atoms with E-state index in [4.69, 9.17) is 16.7 Å². The topological polar surface area (TPSA) is 50.9 Å². The first kappa shape index (κ1) is 11.1. The largest absolute Gasteiger partial charge is 0.374 e. The van der Waals surface area contributed by atoms with Crippen molar-refractivity contribution in [3.63, 3.8) is 0 Å². The van der Waals surface area contributed by atoms with Crippen LogP contribution in [-0.2, 0) is 19.6 Å². The zero-order valence-corrected chi connectivity index (χ0v) is 9.43. The van der Waals surface area contributed by atoms with Gasteiger partial charge >= 0.3 is 0 Å². The van der Waals surface area contributed by atoms with Crippen molar-refractivity contribution in [3.05, 3.63) is 47.0 Å². The molecule has 2 rings (SSSR count). The molecule has 1 N–H and O–H groups in total. The van der Waals surface area contributed by atoms with Crippen molar-refractivity contribution in [1.29, 1.82) is 0 Å². The lowest BCUT2D eigenvalue weighted by atomic mass is 10.1. The normalized spacial score (nSPS) is 10.6. The van der Waals surface area contributed by atoms with Crippen molar-refractivity contribution in [2.75, 3.05) is 0 Å². The molecule has 5 heteroatoms. The maximum atomic E-state index is 8.81. The van der Waals surface area contributed by atoms with Gasteiger partial charge in [-0.1, -0.05) is 23.7 Å². The maximum absolute atomic E-state index is 8.81. The van der Waals surface area contributed by atoms with Crippen LogP contribution in [0.3, 0.4) is 0 Å². The molecule has 4 nitrogen and oxygen atoms in total. The lowest BCUT2D eigenvalue weighted by Crippen LogP contribution is -1.99. The highest BCUT2D eigenvalue weighted by Crippen LogP contribution is 2.10. The predicted octanol–water partition coefficient (Wildman–Crippen LogP) is 1.67. The smallest absolute Gasteiger partial charge is 0.151 e. The number of nitrogens with zero attached hydrogens (tertiary/aromatic N) is 3. The number of rotatable bonds is 4. The Bertz CT molecular complexity index is 453.